The van der Waals surface area contributed by atoms with Crippen LogP contribution in [0.15, 0.2) is 30.3 Å². The number of nitrogens with one attached hydrogen (secondary N) is 1. The molecule has 7 nitrogen and oxygen atoms in total. The highest BCUT2D eigenvalue weighted by Gasteiger charge is 2.41. The van der Waals surface area contributed by atoms with Crippen LogP contribution in [0.4, 0.5) is 36.4 Å². The van der Waals surface area contributed by atoms with Gasteiger partial charge in [0.15, 0.2) is 11.6 Å². The molecule has 0 saturated heterocycles. The van der Waals surface area contributed by atoms with Gasteiger partial charge in [0.05, 0.1) is 23.6 Å². The number of aromatic nitrogens is 2. The third-order valence-electron chi connectivity index (χ3n) is 6.17. The number of carbonyl (C=O) groups excluding carboxylic acids is 2. The van der Waals surface area contributed by atoms with E-state index in [0.29, 0.717) is 12.1 Å². The maximum absolute atomic E-state index is 14.6. The Labute approximate surface area is 217 Å². The second kappa shape index (κ2) is 10.7. The van der Waals surface area contributed by atoms with Gasteiger partial charge in [-0.15, -0.1) is 0 Å². The first-order valence-electron chi connectivity index (χ1n) is 11.7. The molecular weight excluding hydrogens is 535 g/mol. The second-order valence-electron chi connectivity index (χ2n) is 9.10. The zero-order chi connectivity index (χ0) is 28.6. The lowest BCUT2D eigenvalue weighted by Gasteiger charge is -2.30. The van der Waals surface area contributed by atoms with Crippen LogP contribution in [0.2, 0.25) is 0 Å². The van der Waals surface area contributed by atoms with E-state index < -0.39 is 53.1 Å². The lowest BCUT2D eigenvalue weighted by Crippen LogP contribution is -2.42. The minimum absolute atomic E-state index is 0.000615. The van der Waals surface area contributed by atoms with Crippen LogP contribution < -0.4 is 11.1 Å². The van der Waals surface area contributed by atoms with Gasteiger partial charge in [0.1, 0.15) is 11.6 Å². The van der Waals surface area contributed by atoms with Crippen LogP contribution in [0.1, 0.15) is 30.4 Å². The van der Waals surface area contributed by atoms with Gasteiger partial charge in [0, 0.05) is 44.1 Å². The molecule has 0 fully saturated rings. The molecule has 2 aromatic carbocycles. The van der Waals surface area contributed by atoms with Gasteiger partial charge in [-0.25, -0.2) is 22.5 Å². The second-order valence-corrected chi connectivity index (χ2v) is 9.10. The molecule has 1 aromatic heterocycles. The lowest BCUT2D eigenvalue weighted by molar-refractivity contribution is -0.148. The molecule has 3 N–H and O–H groups in total. The minimum Gasteiger partial charge on any atom is -0.335 e. The van der Waals surface area contributed by atoms with E-state index >= 15 is 0 Å². The normalized spacial score (nSPS) is 14.2. The first-order chi connectivity index (χ1) is 18.2. The number of halogens is 7. The summed E-state index contributed by atoms with van der Waals surface area (Å²) in [6, 6.07) is 3.44. The fourth-order valence-corrected chi connectivity index (χ4v) is 4.41. The molecule has 0 bridgehead atoms. The number of rotatable bonds is 6. The first kappa shape index (κ1) is 28.1. The van der Waals surface area contributed by atoms with Gasteiger partial charge in [-0.05, 0) is 30.2 Å². The van der Waals surface area contributed by atoms with Gasteiger partial charge >= 0.3 is 6.18 Å². The Balaban J connectivity index is 1.57. The Morgan fingerprint density at radius 2 is 1.72 bits per heavy atom. The summed E-state index contributed by atoms with van der Waals surface area (Å²) in [5, 5.41) is 2.26. The number of anilines is 1. The van der Waals surface area contributed by atoms with Crippen LogP contribution in [0.25, 0.3) is 11.3 Å². The summed E-state index contributed by atoms with van der Waals surface area (Å²) >= 11 is 0. The summed E-state index contributed by atoms with van der Waals surface area (Å²) in [5.74, 6) is -6.88. The number of hydrogen-bond donors (Lipinski definition) is 2. The predicted octanol–water partition coefficient (Wildman–Crippen LogP) is 4.39. The van der Waals surface area contributed by atoms with Gasteiger partial charge < -0.3 is 20.5 Å². The number of amides is 2. The lowest BCUT2D eigenvalue weighted by atomic mass is 10.0. The summed E-state index contributed by atoms with van der Waals surface area (Å²) < 4.78 is 97.3. The average molecular weight is 557 g/mol. The number of imidazole rings is 1. The summed E-state index contributed by atoms with van der Waals surface area (Å²) in [7, 11) is 0. The number of nitrogens with two attached hydrogens (primary N) is 1. The zero-order valence-corrected chi connectivity index (χ0v) is 20.4. The van der Waals surface area contributed by atoms with Crippen LogP contribution in [0, 0.1) is 23.3 Å². The van der Waals surface area contributed by atoms with Crippen molar-refractivity contribution in [2.24, 2.45) is 5.73 Å². The van der Waals surface area contributed by atoms with Crippen molar-refractivity contribution >= 4 is 17.5 Å². The van der Waals surface area contributed by atoms with Crippen molar-refractivity contribution < 1.29 is 40.3 Å². The largest absolute Gasteiger partial charge is 0.449 e. The Bertz CT molecular complexity index is 1440. The molecule has 14 heteroatoms. The molecule has 0 saturated carbocycles. The molecule has 208 valence electrons. The molecule has 4 rings (SSSR count). The quantitative estimate of drug-likeness (QED) is 0.348. The molecule has 3 aromatic rings. The molecule has 2 amide bonds. The van der Waals surface area contributed by atoms with Crippen LogP contribution in [0.5, 0.6) is 0 Å². The summed E-state index contributed by atoms with van der Waals surface area (Å²) in [6.45, 7) is 0.481. The van der Waals surface area contributed by atoms with Crippen molar-refractivity contribution in [3.05, 3.63) is 70.7 Å². The minimum atomic E-state index is -4.83. The van der Waals surface area contributed by atoms with Crippen molar-refractivity contribution in [1.29, 1.82) is 0 Å². The van der Waals surface area contributed by atoms with E-state index in [-0.39, 0.29) is 60.7 Å². The molecule has 1 atom stereocenters. The maximum Gasteiger partial charge on any atom is 0.449 e. The fourth-order valence-electron chi connectivity index (χ4n) is 4.41. The van der Waals surface area contributed by atoms with Gasteiger partial charge in [0.2, 0.25) is 17.6 Å². The van der Waals surface area contributed by atoms with Crippen molar-refractivity contribution in [2.45, 2.75) is 45.1 Å². The van der Waals surface area contributed by atoms with E-state index in [4.69, 9.17) is 5.73 Å². The molecule has 0 radical (unpaired) electrons. The third-order valence-corrected chi connectivity index (χ3v) is 6.17. The highest BCUT2D eigenvalue weighted by molar-refractivity contribution is 5.89. The molecule has 0 spiro atoms. The molecule has 2 heterocycles. The van der Waals surface area contributed by atoms with Crippen molar-refractivity contribution in [3.8, 4) is 11.3 Å². The summed E-state index contributed by atoms with van der Waals surface area (Å²) in [4.78, 5) is 29.1. The fraction of sp³-hybridized carbons (Fsp3) is 0.320. The van der Waals surface area contributed by atoms with Crippen LogP contribution >= 0.6 is 0 Å². The number of alkyl halides is 3. The van der Waals surface area contributed by atoms with E-state index in [9.17, 15) is 40.3 Å². The monoisotopic (exact) mass is 557 g/mol. The SMILES string of the molecule is CC(=O)Nc1ccc(-c2nc(C(F)(F)F)n3c2CN(C(=O)C[C@H](N)Cc2cc(F)c(F)cc2F)CC3)cc1F. The standard InChI is InChI=1S/C25H22F7N5O2/c1-12(38)34-20-3-2-13(7-19(20)29)23-21-11-36(4-5-37(21)24(35-23)25(30,31)32)22(39)9-15(33)6-14-8-17(27)18(28)10-16(14)26/h2-3,7-8,10,15H,4-6,9,11,33H2,1H3,(H,34,38)/t15-/m1/s1. The van der Waals surface area contributed by atoms with Gasteiger partial charge in [-0.3, -0.25) is 9.59 Å². The van der Waals surface area contributed by atoms with E-state index in [0.717, 1.165) is 10.6 Å². The molecular formula is C25H22F7N5O2. The van der Waals surface area contributed by atoms with Crippen LogP contribution in [-0.2, 0) is 35.3 Å². The molecule has 1 aliphatic heterocycles. The third kappa shape index (κ3) is 6.05. The average Bonchev–Trinajstić information content (AvgIpc) is 3.23. The smallest absolute Gasteiger partial charge is 0.335 e. The predicted molar refractivity (Wildman–Crippen MR) is 125 cm³/mol. The topological polar surface area (TPSA) is 93.2 Å². The highest BCUT2D eigenvalue weighted by Crippen LogP contribution is 2.36. The first-order valence-corrected chi connectivity index (χ1v) is 11.7. The van der Waals surface area contributed by atoms with E-state index in [1.165, 1.54) is 24.0 Å². The Morgan fingerprint density at radius 1 is 1.03 bits per heavy atom. The summed E-state index contributed by atoms with van der Waals surface area (Å²) in [5.41, 5.74) is 5.36. The van der Waals surface area contributed by atoms with Gasteiger partial charge in [-0.1, -0.05) is 6.07 Å². The van der Waals surface area contributed by atoms with Crippen LogP contribution in [0.3, 0.4) is 0 Å². The Morgan fingerprint density at radius 3 is 2.36 bits per heavy atom. The molecule has 0 unspecified atom stereocenters. The molecule has 39 heavy (non-hydrogen) atoms. The Kier molecular flexibility index (Phi) is 7.68. The van der Waals surface area contributed by atoms with E-state index in [1.54, 1.807) is 0 Å². The zero-order valence-electron chi connectivity index (χ0n) is 20.4. The number of benzene rings is 2. The van der Waals surface area contributed by atoms with E-state index in [2.05, 4.69) is 10.3 Å². The van der Waals surface area contributed by atoms with E-state index in [1.807, 2.05) is 0 Å². The van der Waals surface area contributed by atoms with Gasteiger partial charge in [-0.2, -0.15) is 13.2 Å². The number of nitrogens with zero attached hydrogens (tertiary/aromatic N) is 3. The van der Waals surface area contributed by atoms with Crippen molar-refractivity contribution in [1.82, 2.24) is 14.5 Å². The molecule has 0 aliphatic carbocycles. The Hall–Kier alpha value is -3.94. The highest BCUT2D eigenvalue weighted by atomic mass is 19.4. The maximum atomic E-state index is 14.6. The summed E-state index contributed by atoms with van der Waals surface area (Å²) in [6.07, 6.45) is -5.47. The van der Waals surface area contributed by atoms with Gasteiger partial charge in [0.25, 0.3) is 0 Å². The van der Waals surface area contributed by atoms with Crippen molar-refractivity contribution in [3.63, 3.8) is 0 Å². The van der Waals surface area contributed by atoms with Crippen molar-refractivity contribution in [2.75, 3.05) is 11.9 Å². The number of hydrogen-bond acceptors (Lipinski definition) is 4. The number of fused-ring (bicyclic) bond motifs is 1. The molecule has 1 aliphatic rings. The van der Waals surface area contributed by atoms with Crippen LogP contribution in [-0.4, -0.2) is 38.9 Å². The number of carbonyl (C=O) groups is 2.